The van der Waals surface area contributed by atoms with Crippen molar-refractivity contribution in [3.05, 3.63) is 75.5 Å². The number of anilines is 2. The molecule has 2 aliphatic heterocycles. The number of nitrogens with two attached hydrogens (primary N) is 1. The number of halogens is 5. The zero-order valence-electron chi connectivity index (χ0n) is 25.0. The van der Waals surface area contributed by atoms with Gasteiger partial charge in [0.05, 0.1) is 41.9 Å². The molecule has 15 heteroatoms. The average Bonchev–Trinajstić information content (AvgIpc) is 2.99. The van der Waals surface area contributed by atoms with E-state index in [4.69, 9.17) is 10.5 Å². The Morgan fingerprint density at radius 3 is 2.29 bits per heavy atom. The first-order valence-electron chi connectivity index (χ1n) is 14.1. The molecule has 10 nitrogen and oxygen atoms in total. The summed E-state index contributed by atoms with van der Waals surface area (Å²) >= 11 is 0. The van der Waals surface area contributed by atoms with Crippen LogP contribution in [0.1, 0.15) is 41.8 Å². The lowest BCUT2D eigenvalue weighted by molar-refractivity contribution is -0.138. The average molecular weight is 634 g/mol. The predicted molar refractivity (Wildman–Crippen MR) is 158 cm³/mol. The number of piperazine rings is 1. The zero-order chi connectivity index (χ0) is 32.8. The van der Waals surface area contributed by atoms with Crippen molar-refractivity contribution in [3.8, 4) is 11.4 Å². The molecular formula is C30H32F5N7O3. The maximum atomic E-state index is 16.9. The van der Waals surface area contributed by atoms with E-state index >= 15 is 8.78 Å². The quantitative estimate of drug-likeness (QED) is 0.408. The van der Waals surface area contributed by atoms with Gasteiger partial charge in [-0.2, -0.15) is 13.2 Å². The van der Waals surface area contributed by atoms with Gasteiger partial charge in [0, 0.05) is 56.6 Å². The highest BCUT2D eigenvalue weighted by Gasteiger charge is 2.37. The highest BCUT2D eigenvalue weighted by molar-refractivity contribution is 5.94. The molecule has 2 atom stereocenters. The summed E-state index contributed by atoms with van der Waals surface area (Å²) < 4.78 is 79.9. The lowest BCUT2D eigenvalue weighted by atomic mass is 9.97. The van der Waals surface area contributed by atoms with Crippen molar-refractivity contribution >= 4 is 23.1 Å². The van der Waals surface area contributed by atoms with Gasteiger partial charge in [-0.1, -0.05) is 6.08 Å². The molecule has 0 unspecified atom stereocenters. The van der Waals surface area contributed by atoms with E-state index in [1.54, 1.807) is 15.9 Å². The van der Waals surface area contributed by atoms with Gasteiger partial charge in [-0.25, -0.2) is 18.7 Å². The number of likely N-dealkylation sites (N-methyl/N-ethyl adjacent to an activating group) is 1. The van der Waals surface area contributed by atoms with E-state index in [9.17, 15) is 22.8 Å². The number of rotatable bonds is 6. The van der Waals surface area contributed by atoms with E-state index in [1.807, 2.05) is 20.9 Å². The fourth-order valence-corrected chi connectivity index (χ4v) is 5.77. The van der Waals surface area contributed by atoms with Gasteiger partial charge >= 0.3 is 6.18 Å². The molecular weight excluding hydrogens is 601 g/mol. The second kappa shape index (κ2) is 12.1. The summed E-state index contributed by atoms with van der Waals surface area (Å²) in [5.74, 6) is -2.85. The number of benzene rings is 1. The first kappa shape index (κ1) is 31.9. The molecule has 1 saturated heterocycles. The molecule has 5 rings (SSSR count). The van der Waals surface area contributed by atoms with Crippen molar-refractivity contribution in [1.29, 1.82) is 0 Å². The van der Waals surface area contributed by atoms with Gasteiger partial charge in [-0.15, -0.1) is 0 Å². The van der Waals surface area contributed by atoms with Crippen LogP contribution in [0.3, 0.4) is 0 Å². The van der Waals surface area contributed by atoms with Crippen LogP contribution < -0.4 is 25.8 Å². The highest BCUT2D eigenvalue weighted by atomic mass is 19.4. The topological polar surface area (TPSA) is 110 Å². The van der Waals surface area contributed by atoms with E-state index in [0.717, 1.165) is 6.07 Å². The molecule has 4 heterocycles. The van der Waals surface area contributed by atoms with Gasteiger partial charge in [0.2, 0.25) is 5.95 Å². The fraction of sp³-hybridized carbons (Fsp3) is 0.400. The third-order valence-electron chi connectivity index (χ3n) is 8.34. The summed E-state index contributed by atoms with van der Waals surface area (Å²) in [7, 11) is 3.37. The van der Waals surface area contributed by atoms with Gasteiger partial charge in [0.25, 0.3) is 11.5 Å². The molecule has 0 aliphatic carbocycles. The molecule has 45 heavy (non-hydrogen) atoms. The van der Waals surface area contributed by atoms with Crippen LogP contribution in [0.4, 0.5) is 33.6 Å². The van der Waals surface area contributed by atoms with Crippen LogP contribution in [0.2, 0.25) is 0 Å². The number of hydrogen-bond acceptors (Lipinski definition) is 8. The van der Waals surface area contributed by atoms with E-state index in [1.165, 1.54) is 19.5 Å². The number of ether oxygens (including phenoxy) is 1. The summed E-state index contributed by atoms with van der Waals surface area (Å²) in [5.41, 5.74) is 0.646. The molecule has 2 aliphatic rings. The Hall–Kier alpha value is -4.53. The number of nitrogens with zero attached hydrogens (tertiary/aromatic N) is 6. The Morgan fingerprint density at radius 1 is 1.07 bits per heavy atom. The maximum Gasteiger partial charge on any atom is 0.417 e. The monoisotopic (exact) mass is 633 g/mol. The van der Waals surface area contributed by atoms with Gasteiger partial charge < -0.3 is 20.3 Å². The maximum absolute atomic E-state index is 16.9. The Labute approximate surface area is 255 Å². The molecule has 1 aromatic carbocycles. The molecule has 1 amide bonds. The number of alkyl halides is 3. The van der Waals surface area contributed by atoms with Crippen LogP contribution in [0.5, 0.6) is 5.75 Å². The number of carbonyl (C=O) groups excluding carboxylic acids is 1. The van der Waals surface area contributed by atoms with Crippen molar-refractivity contribution < 1.29 is 31.5 Å². The summed E-state index contributed by atoms with van der Waals surface area (Å²) in [6, 6.07) is 1.13. The fourth-order valence-electron chi connectivity index (χ4n) is 5.77. The van der Waals surface area contributed by atoms with E-state index in [-0.39, 0.29) is 36.0 Å². The number of hydrogen-bond donors (Lipinski definition) is 1. The van der Waals surface area contributed by atoms with E-state index in [2.05, 4.69) is 14.9 Å². The van der Waals surface area contributed by atoms with Crippen LogP contribution in [0.25, 0.3) is 11.3 Å². The SMILES string of the molecule is COc1cnc(N2CCC=C(c3c(F)cc(N4C[C@@H](C)N(C)[C@@H](C)C4)c(-n4cc(C(N)=O)c(C(F)(F)F)cc4=O)c3F)C2)nc1. The van der Waals surface area contributed by atoms with E-state index in [0.29, 0.717) is 48.5 Å². The molecule has 0 bridgehead atoms. The number of pyridine rings is 1. The molecule has 0 radical (unpaired) electrons. The Kier molecular flexibility index (Phi) is 8.58. The minimum absolute atomic E-state index is 0.00399. The molecule has 2 aromatic heterocycles. The normalized spacial score (nSPS) is 19.4. The van der Waals surface area contributed by atoms with E-state index < -0.39 is 51.7 Å². The Bertz CT molecular complexity index is 1700. The standard InChI is InChI=1S/C30H32F5N7O3/c1-16-12-41(13-17(2)39(16)3)23-9-22(31)25(18-6-5-7-40(14-18)29-37-10-19(45-4)11-38-29)26(32)27(23)42-15-20(28(36)44)21(8-24(42)43)30(33,34)35/h6,8-11,15-17H,5,7,12-14H2,1-4H3,(H2,36,44)/t16-,17+. The van der Waals surface area contributed by atoms with Crippen LogP contribution in [-0.4, -0.2) is 77.8 Å². The number of carbonyl (C=O) groups is 1. The van der Waals surface area contributed by atoms with Crippen LogP contribution in [0, 0.1) is 11.6 Å². The smallest absolute Gasteiger partial charge is 0.417 e. The largest absolute Gasteiger partial charge is 0.494 e. The van der Waals surface area contributed by atoms with Crippen LogP contribution >= 0.6 is 0 Å². The number of primary amides is 1. The summed E-state index contributed by atoms with van der Waals surface area (Å²) in [6.07, 6.45) is 0.433. The summed E-state index contributed by atoms with van der Waals surface area (Å²) in [6.45, 7) is 4.88. The van der Waals surface area contributed by atoms with Crippen LogP contribution in [-0.2, 0) is 6.18 Å². The number of aromatic nitrogens is 3. The molecule has 240 valence electrons. The number of amides is 1. The van der Waals surface area contributed by atoms with Crippen LogP contribution in [0.15, 0.2) is 41.6 Å². The zero-order valence-corrected chi connectivity index (χ0v) is 25.0. The van der Waals surface area contributed by atoms with Gasteiger partial charge in [0.1, 0.15) is 11.5 Å². The molecule has 0 spiro atoms. The Morgan fingerprint density at radius 2 is 1.71 bits per heavy atom. The second-order valence-corrected chi connectivity index (χ2v) is 11.2. The van der Waals surface area contributed by atoms with Crippen molar-refractivity contribution in [1.82, 2.24) is 19.4 Å². The Balaban J connectivity index is 1.70. The molecule has 3 aromatic rings. The first-order chi connectivity index (χ1) is 21.2. The highest BCUT2D eigenvalue weighted by Crippen LogP contribution is 2.38. The minimum atomic E-state index is -5.08. The van der Waals surface area contributed by atoms with Gasteiger partial charge in [-0.3, -0.25) is 19.1 Å². The third kappa shape index (κ3) is 6.08. The first-order valence-corrected chi connectivity index (χ1v) is 14.1. The van der Waals surface area contributed by atoms with Gasteiger partial charge in [0.15, 0.2) is 11.6 Å². The number of methoxy groups -OCH3 is 1. The lowest BCUT2D eigenvalue weighted by Gasteiger charge is -2.44. The van der Waals surface area contributed by atoms with Gasteiger partial charge in [-0.05, 0) is 32.9 Å². The molecule has 1 fully saturated rings. The van der Waals surface area contributed by atoms with Crippen molar-refractivity contribution in [2.45, 2.75) is 38.5 Å². The second-order valence-electron chi connectivity index (χ2n) is 11.2. The predicted octanol–water partition coefficient (Wildman–Crippen LogP) is 3.85. The third-order valence-corrected chi connectivity index (χ3v) is 8.34. The van der Waals surface area contributed by atoms with Crippen molar-refractivity contribution in [2.24, 2.45) is 5.73 Å². The molecule has 0 saturated carbocycles. The van der Waals surface area contributed by atoms with Crippen molar-refractivity contribution in [3.63, 3.8) is 0 Å². The minimum Gasteiger partial charge on any atom is -0.494 e. The van der Waals surface area contributed by atoms with Crippen molar-refractivity contribution in [2.75, 3.05) is 50.1 Å². The summed E-state index contributed by atoms with van der Waals surface area (Å²) in [4.78, 5) is 39.4. The summed E-state index contributed by atoms with van der Waals surface area (Å²) in [5, 5.41) is 0. The lowest BCUT2D eigenvalue weighted by Crippen LogP contribution is -2.55. The molecule has 2 N–H and O–H groups in total.